The van der Waals surface area contributed by atoms with Gasteiger partial charge in [-0.1, -0.05) is 18.2 Å². The van der Waals surface area contributed by atoms with Crippen LogP contribution in [-0.2, 0) is 4.74 Å². The van der Waals surface area contributed by atoms with E-state index in [4.69, 9.17) is 9.15 Å². The van der Waals surface area contributed by atoms with E-state index in [9.17, 15) is 9.90 Å². The molecule has 5 nitrogen and oxygen atoms in total. The van der Waals surface area contributed by atoms with Crippen molar-refractivity contribution >= 4 is 16.9 Å². The number of morpholine rings is 1. The summed E-state index contributed by atoms with van der Waals surface area (Å²) in [5.74, 6) is 0.805. The molecule has 1 aliphatic heterocycles. The maximum atomic E-state index is 12.4. The highest BCUT2D eigenvalue weighted by atomic mass is 16.5. The number of rotatable bonds is 2. The van der Waals surface area contributed by atoms with Crippen molar-refractivity contribution < 1.29 is 14.3 Å². The zero-order chi connectivity index (χ0) is 16.5. The van der Waals surface area contributed by atoms with E-state index < -0.39 is 0 Å². The van der Waals surface area contributed by atoms with Crippen molar-refractivity contribution in [3.63, 3.8) is 0 Å². The van der Waals surface area contributed by atoms with Crippen LogP contribution in [0.25, 0.3) is 22.1 Å². The van der Waals surface area contributed by atoms with E-state index in [1.165, 1.54) is 0 Å². The summed E-state index contributed by atoms with van der Waals surface area (Å²) in [6, 6.07) is 14.0. The van der Waals surface area contributed by atoms with Crippen molar-refractivity contribution in [3.05, 3.63) is 58.8 Å². The van der Waals surface area contributed by atoms with Crippen LogP contribution in [0.2, 0.25) is 0 Å². The molecule has 1 aliphatic rings. The average Bonchev–Trinajstić information content (AvgIpc) is 2.62. The number of hydrogen-bond acceptors (Lipinski definition) is 5. The van der Waals surface area contributed by atoms with Gasteiger partial charge in [0, 0.05) is 19.2 Å². The quantitative estimate of drug-likeness (QED) is 0.785. The maximum absolute atomic E-state index is 12.4. The number of anilines is 1. The molecule has 4 rings (SSSR count). The van der Waals surface area contributed by atoms with Crippen LogP contribution in [0.4, 0.5) is 5.88 Å². The van der Waals surface area contributed by atoms with Crippen molar-refractivity contribution in [3.8, 4) is 16.9 Å². The van der Waals surface area contributed by atoms with Crippen LogP contribution >= 0.6 is 0 Å². The largest absolute Gasteiger partial charge is 0.508 e. The van der Waals surface area contributed by atoms with E-state index >= 15 is 0 Å². The fourth-order valence-corrected chi connectivity index (χ4v) is 2.92. The van der Waals surface area contributed by atoms with Crippen LogP contribution in [0.3, 0.4) is 0 Å². The monoisotopic (exact) mass is 323 g/mol. The van der Waals surface area contributed by atoms with E-state index in [0.717, 1.165) is 11.1 Å². The summed E-state index contributed by atoms with van der Waals surface area (Å²) in [6.07, 6.45) is 0. The molecule has 0 bridgehead atoms. The minimum absolute atomic E-state index is 0.0463. The second-order valence-corrected chi connectivity index (χ2v) is 5.81. The Kier molecular flexibility index (Phi) is 3.70. The number of phenols is 1. The average molecular weight is 323 g/mol. The van der Waals surface area contributed by atoms with Gasteiger partial charge in [0.1, 0.15) is 11.3 Å². The molecule has 24 heavy (non-hydrogen) atoms. The molecule has 2 heterocycles. The van der Waals surface area contributed by atoms with Gasteiger partial charge >= 0.3 is 0 Å². The van der Waals surface area contributed by atoms with Gasteiger partial charge in [0.15, 0.2) is 11.3 Å². The predicted octanol–water partition coefficient (Wildman–Crippen LogP) is 3.00. The Morgan fingerprint density at radius 2 is 1.62 bits per heavy atom. The van der Waals surface area contributed by atoms with Crippen LogP contribution in [-0.4, -0.2) is 31.4 Å². The summed E-state index contributed by atoms with van der Waals surface area (Å²) in [7, 11) is 0. The van der Waals surface area contributed by atoms with Crippen LogP contribution in [0.5, 0.6) is 5.75 Å². The number of hydrogen-bond donors (Lipinski definition) is 1. The van der Waals surface area contributed by atoms with E-state index in [1.807, 2.05) is 29.2 Å². The normalized spacial score (nSPS) is 14.9. The SMILES string of the molecule is O=c1cc(N2CCOCC2)oc2cc(-c3ccc(O)cc3)ccc12. The first-order valence-electron chi connectivity index (χ1n) is 7.91. The Hall–Kier alpha value is -2.79. The van der Waals surface area contributed by atoms with Crippen LogP contribution in [0, 0.1) is 0 Å². The molecular weight excluding hydrogens is 306 g/mol. The zero-order valence-electron chi connectivity index (χ0n) is 13.1. The van der Waals surface area contributed by atoms with Gasteiger partial charge in [-0.25, -0.2) is 0 Å². The molecule has 0 saturated carbocycles. The van der Waals surface area contributed by atoms with Gasteiger partial charge < -0.3 is 19.2 Å². The Morgan fingerprint density at radius 1 is 0.917 bits per heavy atom. The second kappa shape index (κ2) is 6.02. The molecule has 0 aliphatic carbocycles. The highest BCUT2D eigenvalue weighted by Crippen LogP contribution is 2.27. The fraction of sp³-hybridized carbons (Fsp3) is 0.211. The van der Waals surface area contributed by atoms with Gasteiger partial charge in [-0.15, -0.1) is 0 Å². The first-order valence-corrected chi connectivity index (χ1v) is 7.91. The third-order valence-electron chi connectivity index (χ3n) is 4.24. The lowest BCUT2D eigenvalue weighted by Crippen LogP contribution is -2.36. The number of nitrogens with zero attached hydrogens (tertiary/aromatic N) is 1. The molecule has 1 fully saturated rings. The molecule has 1 saturated heterocycles. The smallest absolute Gasteiger partial charge is 0.200 e. The molecule has 1 N–H and O–H groups in total. The van der Waals surface area contributed by atoms with Crippen molar-refractivity contribution in [1.29, 1.82) is 0 Å². The molecule has 0 radical (unpaired) electrons. The Bertz CT molecular complexity index is 924. The van der Waals surface area contributed by atoms with Crippen molar-refractivity contribution in [1.82, 2.24) is 0 Å². The fourth-order valence-electron chi connectivity index (χ4n) is 2.92. The predicted molar refractivity (Wildman–Crippen MR) is 92.6 cm³/mol. The van der Waals surface area contributed by atoms with Gasteiger partial charge in [0.05, 0.1) is 18.6 Å². The first-order chi connectivity index (χ1) is 11.7. The summed E-state index contributed by atoms with van der Waals surface area (Å²) in [4.78, 5) is 14.4. The lowest BCUT2D eigenvalue weighted by atomic mass is 10.0. The second-order valence-electron chi connectivity index (χ2n) is 5.81. The number of phenolic OH excluding ortho intramolecular Hbond substituents is 1. The van der Waals surface area contributed by atoms with E-state index in [-0.39, 0.29) is 11.2 Å². The minimum atomic E-state index is -0.0463. The molecule has 3 aromatic rings. The van der Waals surface area contributed by atoms with Crippen molar-refractivity contribution in [2.45, 2.75) is 0 Å². The van der Waals surface area contributed by atoms with Gasteiger partial charge in [0.25, 0.3) is 0 Å². The summed E-state index contributed by atoms with van der Waals surface area (Å²) < 4.78 is 11.3. The standard InChI is InChI=1S/C19H17NO4/c21-15-4-1-13(2-5-15)14-3-6-16-17(22)12-19(24-18(16)11-14)20-7-9-23-10-8-20/h1-6,11-12,21H,7-10H2. The van der Waals surface area contributed by atoms with Gasteiger partial charge in [-0.3, -0.25) is 4.79 Å². The zero-order valence-corrected chi connectivity index (χ0v) is 13.1. The minimum Gasteiger partial charge on any atom is -0.508 e. The number of benzene rings is 2. The number of fused-ring (bicyclic) bond motifs is 1. The number of aromatic hydroxyl groups is 1. The number of ether oxygens (including phenoxy) is 1. The summed E-state index contributed by atoms with van der Waals surface area (Å²) in [5, 5.41) is 9.98. The maximum Gasteiger partial charge on any atom is 0.200 e. The lowest BCUT2D eigenvalue weighted by molar-refractivity contribution is 0.121. The van der Waals surface area contributed by atoms with Gasteiger partial charge in [-0.05, 0) is 35.4 Å². The highest BCUT2D eigenvalue weighted by Gasteiger charge is 2.15. The van der Waals surface area contributed by atoms with Gasteiger partial charge in [0.2, 0.25) is 0 Å². The van der Waals surface area contributed by atoms with Crippen LogP contribution in [0.1, 0.15) is 0 Å². The van der Waals surface area contributed by atoms with E-state index in [1.54, 1.807) is 24.3 Å². The molecule has 0 amide bonds. The molecule has 1 aromatic heterocycles. The molecule has 5 heteroatoms. The van der Waals surface area contributed by atoms with Crippen molar-refractivity contribution in [2.24, 2.45) is 0 Å². The molecular formula is C19H17NO4. The molecule has 0 atom stereocenters. The first kappa shape index (κ1) is 14.8. The van der Waals surface area contributed by atoms with Crippen molar-refractivity contribution in [2.75, 3.05) is 31.2 Å². The van der Waals surface area contributed by atoms with Crippen LogP contribution in [0.15, 0.2) is 57.7 Å². The molecule has 122 valence electrons. The lowest BCUT2D eigenvalue weighted by Gasteiger charge is -2.27. The van der Waals surface area contributed by atoms with Crippen LogP contribution < -0.4 is 10.3 Å². The molecule has 0 unspecified atom stereocenters. The topological polar surface area (TPSA) is 62.9 Å². The summed E-state index contributed by atoms with van der Waals surface area (Å²) in [5.41, 5.74) is 2.41. The Balaban J connectivity index is 1.79. The van der Waals surface area contributed by atoms with Gasteiger partial charge in [-0.2, -0.15) is 0 Å². The van der Waals surface area contributed by atoms with E-state index in [2.05, 4.69) is 0 Å². The molecule has 2 aromatic carbocycles. The Labute approximate surface area is 138 Å². The summed E-state index contributed by atoms with van der Waals surface area (Å²) >= 11 is 0. The molecule has 0 spiro atoms. The highest BCUT2D eigenvalue weighted by molar-refractivity contribution is 5.83. The third-order valence-corrected chi connectivity index (χ3v) is 4.24. The summed E-state index contributed by atoms with van der Waals surface area (Å²) in [6.45, 7) is 2.70. The van der Waals surface area contributed by atoms with E-state index in [0.29, 0.717) is 43.2 Å². The Morgan fingerprint density at radius 3 is 2.38 bits per heavy atom. The third kappa shape index (κ3) is 2.74.